The number of aldehydes is 1. The van der Waals surface area contributed by atoms with E-state index in [4.69, 9.17) is 9.47 Å². The van der Waals surface area contributed by atoms with Gasteiger partial charge < -0.3 is 9.47 Å². The number of halogens is 1. The molecule has 82 valence electrons. The van der Waals surface area contributed by atoms with Crippen molar-refractivity contribution in [3.05, 3.63) is 23.8 Å². The molecule has 0 unspecified atom stereocenters. The van der Waals surface area contributed by atoms with E-state index in [0.29, 0.717) is 23.7 Å². The van der Waals surface area contributed by atoms with Crippen LogP contribution in [0.2, 0.25) is 0 Å². The number of carbonyl (C=O) groups is 1. The fourth-order valence-corrected chi connectivity index (χ4v) is 1.40. The predicted molar refractivity (Wildman–Crippen MR) is 62.3 cm³/mol. The van der Waals surface area contributed by atoms with Crippen molar-refractivity contribution in [1.82, 2.24) is 0 Å². The summed E-state index contributed by atoms with van der Waals surface area (Å²) in [5, 5.41) is 0.874. The van der Waals surface area contributed by atoms with Crippen LogP contribution in [0.25, 0.3) is 0 Å². The predicted octanol–water partition coefficient (Wildman–Crippen LogP) is 2.67. The Morgan fingerprint density at radius 1 is 1.47 bits per heavy atom. The van der Waals surface area contributed by atoms with E-state index < -0.39 is 0 Å². The lowest BCUT2D eigenvalue weighted by atomic mass is 10.2. The summed E-state index contributed by atoms with van der Waals surface area (Å²) in [4.78, 5) is 10.8. The molecule has 1 rings (SSSR count). The molecule has 0 bridgehead atoms. The van der Waals surface area contributed by atoms with Gasteiger partial charge in [0.2, 0.25) is 0 Å². The zero-order valence-electron chi connectivity index (χ0n) is 8.53. The average Bonchev–Trinajstić information content (AvgIpc) is 2.29. The second kappa shape index (κ2) is 6.45. The number of ether oxygens (including phenoxy) is 2. The molecule has 0 aliphatic rings. The number of hydrogen-bond donors (Lipinski definition) is 0. The van der Waals surface area contributed by atoms with Crippen LogP contribution in [0.1, 0.15) is 16.8 Å². The van der Waals surface area contributed by atoms with Crippen LogP contribution in [0, 0.1) is 0 Å². The van der Waals surface area contributed by atoms with Crippen LogP contribution < -0.4 is 9.47 Å². The molecular weight excluding hydrogens is 260 g/mol. The average molecular weight is 273 g/mol. The molecule has 0 aromatic heterocycles. The van der Waals surface area contributed by atoms with Crippen molar-refractivity contribution < 1.29 is 14.3 Å². The van der Waals surface area contributed by atoms with Crippen molar-refractivity contribution in [3.63, 3.8) is 0 Å². The Bertz CT molecular complexity index is 326. The van der Waals surface area contributed by atoms with Gasteiger partial charge in [0.15, 0.2) is 17.8 Å². The van der Waals surface area contributed by atoms with Gasteiger partial charge in [0, 0.05) is 5.33 Å². The minimum Gasteiger partial charge on any atom is -0.493 e. The van der Waals surface area contributed by atoms with Gasteiger partial charge >= 0.3 is 0 Å². The van der Waals surface area contributed by atoms with Gasteiger partial charge in [0.25, 0.3) is 0 Å². The van der Waals surface area contributed by atoms with Crippen LogP contribution in [0.15, 0.2) is 18.2 Å². The molecule has 3 nitrogen and oxygen atoms in total. The number of rotatable bonds is 6. The fourth-order valence-electron chi connectivity index (χ4n) is 1.17. The van der Waals surface area contributed by atoms with Crippen molar-refractivity contribution in [2.75, 3.05) is 19.0 Å². The molecule has 1 aromatic rings. The molecule has 0 atom stereocenters. The first-order chi connectivity index (χ1) is 7.33. The lowest BCUT2D eigenvalue weighted by Gasteiger charge is -2.11. The summed E-state index contributed by atoms with van der Waals surface area (Å²) in [5.74, 6) is 1.12. The van der Waals surface area contributed by atoms with Crippen molar-refractivity contribution in [2.45, 2.75) is 6.42 Å². The third kappa shape index (κ3) is 3.23. The lowest BCUT2D eigenvalue weighted by molar-refractivity contribution is 0.111. The van der Waals surface area contributed by atoms with Crippen molar-refractivity contribution in [2.24, 2.45) is 0 Å². The Balaban J connectivity index is 2.85. The highest BCUT2D eigenvalue weighted by molar-refractivity contribution is 9.09. The second-order valence-electron chi connectivity index (χ2n) is 2.89. The molecule has 0 aliphatic heterocycles. The highest BCUT2D eigenvalue weighted by Gasteiger charge is 2.09. The van der Waals surface area contributed by atoms with E-state index in [2.05, 4.69) is 15.9 Å². The molecule has 0 fully saturated rings. The number of alkyl halides is 1. The molecule has 4 heteroatoms. The van der Waals surface area contributed by atoms with Gasteiger partial charge in [-0.3, -0.25) is 4.79 Å². The summed E-state index contributed by atoms with van der Waals surface area (Å²) in [6, 6.07) is 5.25. The van der Waals surface area contributed by atoms with Gasteiger partial charge in [0.05, 0.1) is 19.3 Å². The fraction of sp³-hybridized carbons (Fsp3) is 0.364. The zero-order chi connectivity index (χ0) is 11.1. The summed E-state index contributed by atoms with van der Waals surface area (Å²) >= 11 is 3.31. The highest BCUT2D eigenvalue weighted by Crippen LogP contribution is 2.29. The summed E-state index contributed by atoms with van der Waals surface area (Å²) in [7, 11) is 1.56. The largest absolute Gasteiger partial charge is 0.493 e. The summed E-state index contributed by atoms with van der Waals surface area (Å²) in [6.07, 6.45) is 1.66. The van der Waals surface area contributed by atoms with E-state index in [1.54, 1.807) is 25.3 Å². The topological polar surface area (TPSA) is 35.5 Å². The zero-order valence-corrected chi connectivity index (χ0v) is 10.1. The number of hydrogen-bond acceptors (Lipinski definition) is 3. The first-order valence-electron chi connectivity index (χ1n) is 4.64. The summed E-state index contributed by atoms with van der Waals surface area (Å²) in [6.45, 7) is 0.562. The summed E-state index contributed by atoms with van der Waals surface area (Å²) in [5.41, 5.74) is 0.518. The van der Waals surface area contributed by atoms with Gasteiger partial charge in [-0.05, 0) is 18.6 Å². The van der Waals surface area contributed by atoms with Crippen LogP contribution in [0.4, 0.5) is 0 Å². The van der Waals surface area contributed by atoms with Gasteiger partial charge in [-0.25, -0.2) is 0 Å². The molecule has 0 radical (unpaired) electrons. The Morgan fingerprint density at radius 3 is 2.87 bits per heavy atom. The van der Waals surface area contributed by atoms with Crippen LogP contribution in [-0.2, 0) is 0 Å². The Morgan fingerprint density at radius 2 is 2.27 bits per heavy atom. The quantitative estimate of drug-likeness (QED) is 0.454. The Labute approximate surface area is 97.5 Å². The van der Waals surface area contributed by atoms with E-state index in [9.17, 15) is 4.79 Å². The Kier molecular flexibility index (Phi) is 5.18. The molecule has 0 saturated carbocycles. The highest BCUT2D eigenvalue weighted by atomic mass is 79.9. The van der Waals surface area contributed by atoms with E-state index in [1.807, 2.05) is 0 Å². The number of carbonyl (C=O) groups excluding carboxylic acids is 1. The molecule has 0 aliphatic carbocycles. The van der Waals surface area contributed by atoms with Gasteiger partial charge in [-0.1, -0.05) is 22.0 Å². The van der Waals surface area contributed by atoms with Crippen molar-refractivity contribution >= 4 is 22.2 Å². The maximum Gasteiger partial charge on any atom is 0.171 e. The van der Waals surface area contributed by atoms with E-state index in [0.717, 1.165) is 18.0 Å². The van der Waals surface area contributed by atoms with Crippen molar-refractivity contribution in [1.29, 1.82) is 0 Å². The minimum absolute atomic E-state index is 0.518. The van der Waals surface area contributed by atoms with E-state index in [1.165, 1.54) is 0 Å². The first kappa shape index (κ1) is 12.0. The third-order valence-electron chi connectivity index (χ3n) is 1.88. The van der Waals surface area contributed by atoms with Crippen LogP contribution >= 0.6 is 15.9 Å². The molecule has 0 N–H and O–H groups in total. The van der Waals surface area contributed by atoms with E-state index >= 15 is 0 Å². The van der Waals surface area contributed by atoms with Gasteiger partial charge in [-0.15, -0.1) is 0 Å². The van der Waals surface area contributed by atoms with Crippen LogP contribution in [-0.4, -0.2) is 25.3 Å². The SMILES string of the molecule is COc1cccc(C=O)c1OCCCBr. The summed E-state index contributed by atoms with van der Waals surface area (Å²) < 4.78 is 10.6. The van der Waals surface area contributed by atoms with Gasteiger partial charge in [0.1, 0.15) is 0 Å². The number of benzene rings is 1. The number of methoxy groups -OCH3 is 1. The molecule has 1 aromatic carbocycles. The van der Waals surface area contributed by atoms with Crippen LogP contribution in [0.5, 0.6) is 11.5 Å². The standard InChI is InChI=1S/C11H13BrO3/c1-14-10-5-2-4-9(8-13)11(10)15-7-3-6-12/h2,4-5,8H,3,6-7H2,1H3. The lowest BCUT2D eigenvalue weighted by Crippen LogP contribution is -2.02. The van der Waals surface area contributed by atoms with Crippen molar-refractivity contribution in [3.8, 4) is 11.5 Å². The van der Waals surface area contributed by atoms with Crippen LogP contribution in [0.3, 0.4) is 0 Å². The second-order valence-corrected chi connectivity index (χ2v) is 3.68. The Hall–Kier alpha value is -1.03. The molecule has 0 saturated heterocycles. The third-order valence-corrected chi connectivity index (χ3v) is 2.44. The molecule has 15 heavy (non-hydrogen) atoms. The maximum absolute atomic E-state index is 10.8. The van der Waals surface area contributed by atoms with E-state index in [-0.39, 0.29) is 0 Å². The van der Waals surface area contributed by atoms with Gasteiger partial charge in [-0.2, -0.15) is 0 Å². The molecular formula is C11H13BrO3. The molecule has 0 heterocycles. The first-order valence-corrected chi connectivity index (χ1v) is 5.76. The molecule has 0 amide bonds. The minimum atomic E-state index is 0.518. The normalized spacial score (nSPS) is 9.73. The monoisotopic (exact) mass is 272 g/mol. The molecule has 0 spiro atoms. The maximum atomic E-state index is 10.8. The number of para-hydroxylation sites is 1. The smallest absolute Gasteiger partial charge is 0.171 e.